The molecule has 0 aliphatic heterocycles. The minimum Gasteiger partial charge on any atom is -0.282 e. The highest BCUT2D eigenvalue weighted by molar-refractivity contribution is 5.82. The van der Waals surface area contributed by atoms with Crippen LogP contribution in [-0.4, -0.2) is 15.2 Å². The number of benzene rings is 1. The summed E-state index contributed by atoms with van der Waals surface area (Å²) in [6.07, 6.45) is 3.47. The van der Waals surface area contributed by atoms with Gasteiger partial charge < -0.3 is 0 Å². The van der Waals surface area contributed by atoms with Crippen LogP contribution >= 0.6 is 0 Å². The average molecular weight is 253 g/mol. The maximum atomic E-state index is 13.3. The number of nitrogens with zero attached hydrogens (tertiary/aromatic N) is 2. The second-order valence-electron chi connectivity index (χ2n) is 4.32. The van der Waals surface area contributed by atoms with Crippen LogP contribution in [0.25, 0.3) is 22.4 Å². The Morgan fingerprint density at radius 1 is 1.05 bits per heavy atom. The molecule has 0 bridgehead atoms. The molecule has 0 aliphatic carbocycles. The first-order valence-corrected chi connectivity index (χ1v) is 5.97. The molecule has 2 heterocycles. The first-order chi connectivity index (χ1) is 9.25. The lowest BCUT2D eigenvalue weighted by Crippen LogP contribution is -1.85. The summed E-state index contributed by atoms with van der Waals surface area (Å²) in [6.45, 7) is 1.95. The van der Waals surface area contributed by atoms with Gasteiger partial charge >= 0.3 is 0 Å². The maximum Gasteiger partial charge on any atom is 0.123 e. The van der Waals surface area contributed by atoms with E-state index in [9.17, 15) is 4.39 Å². The van der Waals surface area contributed by atoms with Gasteiger partial charge in [-0.2, -0.15) is 5.10 Å². The molecule has 0 atom stereocenters. The molecule has 3 rings (SSSR count). The summed E-state index contributed by atoms with van der Waals surface area (Å²) in [4.78, 5) is 4.01. The molecule has 0 amide bonds. The molecule has 0 unspecified atom stereocenters. The van der Waals surface area contributed by atoms with Crippen LogP contribution in [0.3, 0.4) is 0 Å². The normalized spacial score (nSPS) is 10.6. The van der Waals surface area contributed by atoms with E-state index < -0.39 is 0 Å². The number of aromatic nitrogens is 3. The summed E-state index contributed by atoms with van der Waals surface area (Å²) in [7, 11) is 0. The van der Waals surface area contributed by atoms with Crippen LogP contribution in [-0.2, 0) is 0 Å². The quantitative estimate of drug-likeness (QED) is 0.758. The van der Waals surface area contributed by atoms with Crippen molar-refractivity contribution in [2.45, 2.75) is 6.92 Å². The molecule has 3 nitrogen and oxygen atoms in total. The van der Waals surface area contributed by atoms with E-state index in [1.54, 1.807) is 18.5 Å². The first kappa shape index (κ1) is 11.6. The SMILES string of the molecule is Cc1[nH]nc(-c2cccc(F)c2)c1-c1ccncc1. The van der Waals surface area contributed by atoms with Gasteiger partial charge in [0, 0.05) is 29.2 Å². The lowest BCUT2D eigenvalue weighted by molar-refractivity contribution is 0.628. The zero-order valence-corrected chi connectivity index (χ0v) is 10.4. The van der Waals surface area contributed by atoms with Gasteiger partial charge in [0.1, 0.15) is 11.5 Å². The zero-order chi connectivity index (χ0) is 13.2. The van der Waals surface area contributed by atoms with E-state index >= 15 is 0 Å². The van der Waals surface area contributed by atoms with E-state index in [-0.39, 0.29) is 5.82 Å². The van der Waals surface area contributed by atoms with Crippen molar-refractivity contribution in [2.75, 3.05) is 0 Å². The largest absolute Gasteiger partial charge is 0.282 e. The molecule has 0 saturated carbocycles. The Balaban J connectivity index is 2.19. The van der Waals surface area contributed by atoms with Gasteiger partial charge in [-0.15, -0.1) is 0 Å². The summed E-state index contributed by atoms with van der Waals surface area (Å²) >= 11 is 0. The summed E-state index contributed by atoms with van der Waals surface area (Å²) in [5, 5.41) is 7.25. The molecular formula is C15H12FN3. The fourth-order valence-electron chi connectivity index (χ4n) is 2.15. The fraction of sp³-hybridized carbons (Fsp3) is 0.0667. The van der Waals surface area contributed by atoms with Crippen molar-refractivity contribution in [3.8, 4) is 22.4 Å². The summed E-state index contributed by atoms with van der Waals surface area (Å²) < 4.78 is 13.3. The molecule has 94 valence electrons. The van der Waals surface area contributed by atoms with Crippen LogP contribution in [0, 0.1) is 12.7 Å². The van der Waals surface area contributed by atoms with Gasteiger partial charge in [-0.1, -0.05) is 12.1 Å². The molecule has 1 N–H and O–H groups in total. The molecule has 4 heteroatoms. The lowest BCUT2D eigenvalue weighted by Gasteiger charge is -2.04. The minimum absolute atomic E-state index is 0.265. The Labute approximate surface area is 110 Å². The maximum absolute atomic E-state index is 13.3. The summed E-state index contributed by atoms with van der Waals surface area (Å²) in [6, 6.07) is 10.3. The highest BCUT2D eigenvalue weighted by atomic mass is 19.1. The Hall–Kier alpha value is -2.49. The third-order valence-electron chi connectivity index (χ3n) is 3.01. The van der Waals surface area contributed by atoms with Gasteiger partial charge in [0.25, 0.3) is 0 Å². The van der Waals surface area contributed by atoms with Gasteiger partial charge in [0.2, 0.25) is 0 Å². The standard InChI is InChI=1S/C15H12FN3/c1-10-14(11-5-7-17-8-6-11)15(19-18-10)12-3-2-4-13(16)9-12/h2-9H,1H3,(H,18,19). The summed E-state index contributed by atoms with van der Waals surface area (Å²) in [5.41, 5.74) is 4.46. The van der Waals surface area contributed by atoms with Crippen LogP contribution in [0.1, 0.15) is 5.69 Å². The number of hydrogen-bond acceptors (Lipinski definition) is 2. The fourth-order valence-corrected chi connectivity index (χ4v) is 2.15. The van der Waals surface area contributed by atoms with Gasteiger partial charge in [0.05, 0.1) is 0 Å². The predicted molar refractivity (Wildman–Crippen MR) is 71.9 cm³/mol. The summed E-state index contributed by atoms with van der Waals surface area (Å²) in [5.74, 6) is -0.265. The highest BCUT2D eigenvalue weighted by Crippen LogP contribution is 2.32. The molecule has 3 aromatic rings. The highest BCUT2D eigenvalue weighted by Gasteiger charge is 2.14. The molecule has 0 saturated heterocycles. The van der Waals surface area contributed by atoms with Crippen molar-refractivity contribution in [1.82, 2.24) is 15.2 Å². The van der Waals surface area contributed by atoms with E-state index in [4.69, 9.17) is 0 Å². The smallest absolute Gasteiger partial charge is 0.123 e. The van der Waals surface area contributed by atoms with Crippen molar-refractivity contribution >= 4 is 0 Å². The van der Waals surface area contributed by atoms with Crippen molar-refractivity contribution in [1.29, 1.82) is 0 Å². The average Bonchev–Trinajstić information content (AvgIpc) is 2.82. The Morgan fingerprint density at radius 2 is 1.84 bits per heavy atom. The van der Waals surface area contributed by atoms with Crippen LogP contribution in [0.4, 0.5) is 4.39 Å². The molecule has 0 fully saturated rings. The second kappa shape index (κ2) is 4.65. The topological polar surface area (TPSA) is 41.6 Å². The molecular weight excluding hydrogens is 241 g/mol. The molecule has 2 aromatic heterocycles. The van der Waals surface area contributed by atoms with E-state index in [1.165, 1.54) is 12.1 Å². The Bertz CT molecular complexity index is 704. The minimum atomic E-state index is -0.265. The number of H-pyrrole nitrogens is 1. The van der Waals surface area contributed by atoms with Crippen LogP contribution < -0.4 is 0 Å². The molecule has 0 aliphatic rings. The number of hydrogen-bond donors (Lipinski definition) is 1. The van der Waals surface area contributed by atoms with Gasteiger partial charge in [0.15, 0.2) is 0 Å². The Kier molecular flexibility index (Phi) is 2.83. The molecule has 1 aromatic carbocycles. The van der Waals surface area contributed by atoms with E-state index in [1.807, 2.05) is 25.1 Å². The zero-order valence-electron chi connectivity index (χ0n) is 10.4. The van der Waals surface area contributed by atoms with E-state index in [0.29, 0.717) is 0 Å². The first-order valence-electron chi connectivity index (χ1n) is 5.97. The predicted octanol–water partition coefficient (Wildman–Crippen LogP) is 3.59. The van der Waals surface area contributed by atoms with Crippen molar-refractivity contribution in [2.24, 2.45) is 0 Å². The van der Waals surface area contributed by atoms with Gasteiger partial charge in [-0.05, 0) is 36.8 Å². The number of halogens is 1. The number of aromatic amines is 1. The van der Waals surface area contributed by atoms with Gasteiger partial charge in [-0.25, -0.2) is 4.39 Å². The van der Waals surface area contributed by atoms with Crippen LogP contribution in [0.2, 0.25) is 0 Å². The Morgan fingerprint density at radius 3 is 2.58 bits per heavy atom. The number of nitrogens with one attached hydrogen (secondary N) is 1. The lowest BCUT2D eigenvalue weighted by atomic mass is 10.0. The van der Waals surface area contributed by atoms with Crippen LogP contribution in [0.15, 0.2) is 48.8 Å². The number of pyridine rings is 1. The van der Waals surface area contributed by atoms with Gasteiger partial charge in [-0.3, -0.25) is 10.1 Å². The van der Waals surface area contributed by atoms with E-state index in [0.717, 1.165) is 28.1 Å². The van der Waals surface area contributed by atoms with Crippen molar-refractivity contribution < 1.29 is 4.39 Å². The number of rotatable bonds is 2. The third kappa shape index (κ3) is 2.12. The van der Waals surface area contributed by atoms with E-state index in [2.05, 4.69) is 15.2 Å². The second-order valence-corrected chi connectivity index (χ2v) is 4.32. The molecule has 0 radical (unpaired) electrons. The van der Waals surface area contributed by atoms with Crippen molar-refractivity contribution in [3.05, 3.63) is 60.3 Å². The third-order valence-corrected chi connectivity index (χ3v) is 3.01. The monoisotopic (exact) mass is 253 g/mol. The number of aryl methyl sites for hydroxylation is 1. The van der Waals surface area contributed by atoms with Crippen LogP contribution in [0.5, 0.6) is 0 Å². The van der Waals surface area contributed by atoms with Crippen molar-refractivity contribution in [3.63, 3.8) is 0 Å². The molecule has 19 heavy (non-hydrogen) atoms. The molecule has 0 spiro atoms.